The van der Waals surface area contributed by atoms with Crippen molar-refractivity contribution >= 4 is 16.8 Å². The van der Waals surface area contributed by atoms with E-state index < -0.39 is 12.0 Å². The molecule has 0 fully saturated rings. The highest BCUT2D eigenvalue weighted by molar-refractivity contribution is 6.06. The Morgan fingerprint density at radius 3 is 2.70 bits per heavy atom. The molecular weight excluding hydrogens is 386 g/mol. The number of carbonyl (C=O) groups is 1. The van der Waals surface area contributed by atoms with Crippen molar-refractivity contribution in [3.8, 4) is 34.9 Å². The number of fused-ring (bicyclic) bond motifs is 1. The molecule has 8 nitrogen and oxygen atoms in total. The molecule has 0 saturated heterocycles. The fraction of sp³-hybridized carbons (Fsp3) is 0.136. The van der Waals surface area contributed by atoms with Gasteiger partial charge in [0.1, 0.15) is 6.10 Å². The van der Waals surface area contributed by atoms with Crippen LogP contribution in [0.4, 0.5) is 0 Å². The normalized spacial score (nSPS) is 11.0. The van der Waals surface area contributed by atoms with Crippen molar-refractivity contribution in [1.29, 1.82) is 0 Å². The SMILES string of the molecule is COC(C#CC#Cc1ccc(-c2cc(C(=O)NO)c3c[n+](O)ccc3n2)cc1)CO. The molecule has 0 saturated carbocycles. The lowest BCUT2D eigenvalue weighted by Gasteiger charge is -2.07. The van der Waals surface area contributed by atoms with Crippen LogP contribution < -0.4 is 10.2 Å². The summed E-state index contributed by atoms with van der Waals surface area (Å²) in [6, 6.07) is 10.3. The molecule has 4 N–H and O–H groups in total. The number of benzene rings is 1. The molecule has 2 heterocycles. The number of rotatable bonds is 4. The lowest BCUT2D eigenvalue weighted by molar-refractivity contribution is -0.904. The minimum Gasteiger partial charge on any atom is -0.393 e. The number of hydrogen-bond acceptors (Lipinski definition) is 6. The van der Waals surface area contributed by atoms with Gasteiger partial charge in [0.2, 0.25) is 12.4 Å². The average Bonchev–Trinajstić information content (AvgIpc) is 2.78. The van der Waals surface area contributed by atoms with E-state index >= 15 is 0 Å². The second-order valence-corrected chi connectivity index (χ2v) is 6.12. The van der Waals surface area contributed by atoms with Crippen molar-refractivity contribution in [2.75, 3.05) is 13.7 Å². The molecule has 1 unspecified atom stereocenters. The van der Waals surface area contributed by atoms with E-state index in [1.165, 1.54) is 25.6 Å². The number of ether oxygens (including phenoxy) is 1. The quantitative estimate of drug-likeness (QED) is 0.169. The molecule has 0 bridgehead atoms. The number of nitrogens with one attached hydrogen (secondary N) is 1. The maximum Gasteiger partial charge on any atom is 0.275 e. The molecule has 1 amide bonds. The van der Waals surface area contributed by atoms with Crippen molar-refractivity contribution in [1.82, 2.24) is 10.5 Å². The maximum atomic E-state index is 12.1. The molecule has 0 spiro atoms. The zero-order chi connectivity index (χ0) is 21.5. The number of pyridine rings is 2. The predicted octanol–water partition coefficient (Wildman–Crippen LogP) is 0.908. The van der Waals surface area contributed by atoms with Crippen LogP contribution >= 0.6 is 0 Å². The molecule has 1 atom stereocenters. The fourth-order valence-electron chi connectivity index (χ4n) is 2.68. The smallest absolute Gasteiger partial charge is 0.275 e. The number of aliphatic hydroxyl groups excluding tert-OH is 1. The number of methoxy groups -OCH3 is 1. The number of hydroxylamine groups is 1. The third-order valence-corrected chi connectivity index (χ3v) is 4.21. The monoisotopic (exact) mass is 404 g/mol. The van der Waals surface area contributed by atoms with Gasteiger partial charge in [-0.3, -0.25) is 15.2 Å². The molecule has 3 rings (SSSR count). The van der Waals surface area contributed by atoms with E-state index in [2.05, 4.69) is 28.7 Å². The first kappa shape index (κ1) is 20.8. The van der Waals surface area contributed by atoms with Crippen LogP contribution in [0.1, 0.15) is 15.9 Å². The van der Waals surface area contributed by atoms with Gasteiger partial charge < -0.3 is 9.84 Å². The van der Waals surface area contributed by atoms with Crippen molar-refractivity contribution in [3.05, 3.63) is 59.9 Å². The van der Waals surface area contributed by atoms with Crippen LogP contribution in [-0.4, -0.2) is 46.2 Å². The third kappa shape index (κ3) is 4.72. The molecule has 2 aromatic heterocycles. The van der Waals surface area contributed by atoms with E-state index in [0.29, 0.717) is 16.6 Å². The second-order valence-electron chi connectivity index (χ2n) is 6.12. The average molecular weight is 404 g/mol. The summed E-state index contributed by atoms with van der Waals surface area (Å²) in [6.07, 6.45) is 2.16. The Balaban J connectivity index is 1.93. The Labute approximate surface area is 172 Å². The topological polar surface area (TPSA) is 116 Å². The van der Waals surface area contributed by atoms with Gasteiger partial charge in [-0.05, 0) is 30.0 Å². The highest BCUT2D eigenvalue weighted by Gasteiger charge is 2.16. The Kier molecular flexibility index (Phi) is 6.58. The van der Waals surface area contributed by atoms with E-state index in [4.69, 9.17) is 15.1 Å². The summed E-state index contributed by atoms with van der Waals surface area (Å²) in [6.45, 7) is -0.201. The van der Waals surface area contributed by atoms with Gasteiger partial charge in [-0.1, -0.05) is 24.0 Å². The van der Waals surface area contributed by atoms with E-state index in [9.17, 15) is 10.0 Å². The number of amides is 1. The van der Waals surface area contributed by atoms with Crippen LogP contribution in [0, 0.1) is 23.7 Å². The Morgan fingerprint density at radius 1 is 1.27 bits per heavy atom. The van der Waals surface area contributed by atoms with Crippen LogP contribution in [0.2, 0.25) is 0 Å². The van der Waals surface area contributed by atoms with Crippen molar-refractivity contribution in [3.63, 3.8) is 0 Å². The zero-order valence-electron chi connectivity index (χ0n) is 16.0. The van der Waals surface area contributed by atoms with Crippen molar-refractivity contribution in [2.24, 2.45) is 0 Å². The molecule has 0 radical (unpaired) electrons. The van der Waals surface area contributed by atoms with E-state index in [1.54, 1.807) is 35.8 Å². The van der Waals surface area contributed by atoms with E-state index in [-0.39, 0.29) is 12.2 Å². The molecule has 0 aliphatic heterocycles. The highest BCUT2D eigenvalue weighted by atomic mass is 16.5. The summed E-state index contributed by atoms with van der Waals surface area (Å²) in [5.74, 6) is 10.2. The lowest BCUT2D eigenvalue weighted by atomic mass is 10.0. The van der Waals surface area contributed by atoms with Crippen LogP contribution in [0.15, 0.2) is 48.8 Å². The first-order valence-electron chi connectivity index (χ1n) is 8.81. The van der Waals surface area contributed by atoms with Crippen LogP contribution in [0.3, 0.4) is 0 Å². The number of carbonyl (C=O) groups excluding carboxylic acids is 1. The van der Waals surface area contributed by atoms with Crippen LogP contribution in [-0.2, 0) is 4.74 Å². The van der Waals surface area contributed by atoms with Gasteiger partial charge in [-0.25, -0.2) is 10.5 Å². The summed E-state index contributed by atoms with van der Waals surface area (Å²) in [7, 11) is 1.46. The molecule has 1 aromatic carbocycles. The molecule has 30 heavy (non-hydrogen) atoms. The minimum absolute atomic E-state index is 0.164. The van der Waals surface area contributed by atoms with Gasteiger partial charge in [0, 0.05) is 29.0 Å². The van der Waals surface area contributed by atoms with Crippen molar-refractivity contribution in [2.45, 2.75) is 6.10 Å². The molecule has 0 aliphatic carbocycles. The molecule has 3 aromatic rings. The number of hydrogen-bond donors (Lipinski definition) is 4. The molecule has 8 heteroatoms. The zero-order valence-corrected chi connectivity index (χ0v) is 16.0. The molecule has 150 valence electrons. The summed E-state index contributed by atoms with van der Waals surface area (Å²) in [5, 5.41) is 28.1. The fourth-order valence-corrected chi connectivity index (χ4v) is 2.68. The minimum atomic E-state index is -0.715. The van der Waals surface area contributed by atoms with Gasteiger partial charge in [0.15, 0.2) is 0 Å². The molecule has 0 aliphatic rings. The maximum absolute atomic E-state index is 12.1. The van der Waals surface area contributed by atoms with Gasteiger partial charge in [-0.15, -0.1) is 0 Å². The van der Waals surface area contributed by atoms with Crippen molar-refractivity contribution < 1.29 is 29.8 Å². The standard InChI is InChI=1S/C22H17N3O5/c1-30-17(14-26)5-3-2-4-15-6-8-16(9-7-15)21-12-18(22(27)24-28)19-13-25(29)11-10-20(19)23-21/h6-13,17,26H,14H2,1H3,(H2-,23,24,27,28,29)/p+1. The Bertz CT molecular complexity index is 1200. The summed E-state index contributed by atoms with van der Waals surface area (Å²) < 4.78 is 5.74. The third-order valence-electron chi connectivity index (χ3n) is 4.21. The Hall–Kier alpha value is -3.95. The summed E-state index contributed by atoms with van der Waals surface area (Å²) >= 11 is 0. The van der Waals surface area contributed by atoms with E-state index in [0.717, 1.165) is 15.9 Å². The first-order chi connectivity index (χ1) is 14.5. The van der Waals surface area contributed by atoms with Gasteiger partial charge >= 0.3 is 0 Å². The summed E-state index contributed by atoms with van der Waals surface area (Å²) in [5.41, 5.74) is 4.23. The largest absolute Gasteiger partial charge is 0.393 e. The number of aliphatic hydroxyl groups is 1. The van der Waals surface area contributed by atoms with Gasteiger partial charge in [0.05, 0.1) is 28.8 Å². The van der Waals surface area contributed by atoms with Crippen LogP contribution in [0.5, 0.6) is 0 Å². The lowest BCUT2D eigenvalue weighted by Crippen LogP contribution is -2.29. The summed E-state index contributed by atoms with van der Waals surface area (Å²) in [4.78, 5) is 16.6. The predicted molar refractivity (Wildman–Crippen MR) is 106 cm³/mol. The number of nitrogens with zero attached hydrogens (tertiary/aromatic N) is 2. The van der Waals surface area contributed by atoms with E-state index in [1.807, 2.05) is 0 Å². The number of aromatic nitrogens is 2. The van der Waals surface area contributed by atoms with Gasteiger partial charge in [-0.2, -0.15) is 0 Å². The highest BCUT2D eigenvalue weighted by Crippen LogP contribution is 2.24. The second kappa shape index (κ2) is 9.50. The van der Waals surface area contributed by atoms with Gasteiger partial charge in [0.25, 0.3) is 5.91 Å². The first-order valence-corrected chi connectivity index (χ1v) is 8.81. The molecular formula is C22H18N3O5+. The Morgan fingerprint density at radius 2 is 2.03 bits per heavy atom. The van der Waals surface area contributed by atoms with Crippen LogP contribution in [0.25, 0.3) is 22.2 Å².